The first-order valence-corrected chi connectivity index (χ1v) is 5.65. The summed E-state index contributed by atoms with van der Waals surface area (Å²) in [7, 11) is 1.87. The van der Waals surface area contributed by atoms with Gasteiger partial charge in [0.25, 0.3) is 0 Å². The van der Waals surface area contributed by atoms with Gasteiger partial charge >= 0.3 is 0 Å². The van der Waals surface area contributed by atoms with Crippen molar-refractivity contribution in [3.63, 3.8) is 0 Å². The second kappa shape index (κ2) is 6.02. The van der Waals surface area contributed by atoms with Crippen LogP contribution in [0.15, 0.2) is 0 Å². The average Bonchev–Trinajstić information content (AvgIpc) is 2.58. The van der Waals surface area contributed by atoms with Crippen LogP contribution in [-0.4, -0.2) is 26.0 Å². The maximum absolute atomic E-state index is 11.3. The average molecular weight is 198 g/mol. The lowest BCUT2D eigenvalue weighted by molar-refractivity contribution is -0.121. The molecule has 0 bridgehead atoms. The van der Waals surface area contributed by atoms with E-state index in [9.17, 15) is 4.79 Å². The normalized spacial score (nSPS) is 26.4. The van der Waals surface area contributed by atoms with Crippen molar-refractivity contribution in [3.05, 3.63) is 0 Å². The second-order valence-electron chi connectivity index (χ2n) is 4.33. The Hall–Kier alpha value is -0.570. The molecule has 3 heteroatoms. The summed E-state index contributed by atoms with van der Waals surface area (Å²) in [6.07, 6.45) is 4.54. The summed E-state index contributed by atoms with van der Waals surface area (Å²) in [4.78, 5) is 11.3. The number of hydrogen-bond acceptors (Lipinski definition) is 2. The Morgan fingerprint density at radius 1 is 1.43 bits per heavy atom. The van der Waals surface area contributed by atoms with Crippen LogP contribution in [0.25, 0.3) is 0 Å². The van der Waals surface area contributed by atoms with Gasteiger partial charge in [-0.05, 0) is 25.3 Å². The first-order valence-electron chi connectivity index (χ1n) is 5.65. The zero-order valence-corrected chi connectivity index (χ0v) is 9.31. The molecule has 82 valence electrons. The predicted octanol–water partition coefficient (Wildman–Crippen LogP) is 1.15. The minimum absolute atomic E-state index is 0.179. The van der Waals surface area contributed by atoms with Gasteiger partial charge in [-0.25, -0.2) is 0 Å². The molecule has 0 aromatic carbocycles. The Balaban J connectivity index is 2.10. The van der Waals surface area contributed by atoms with Crippen molar-refractivity contribution in [1.29, 1.82) is 0 Å². The zero-order valence-electron chi connectivity index (χ0n) is 9.31. The Morgan fingerprint density at radius 2 is 2.21 bits per heavy atom. The van der Waals surface area contributed by atoms with E-state index in [1.807, 2.05) is 7.05 Å². The summed E-state index contributed by atoms with van der Waals surface area (Å²) in [5.41, 5.74) is 0. The fraction of sp³-hybridized carbons (Fsp3) is 0.909. The molecule has 2 N–H and O–H groups in total. The molecule has 0 aliphatic heterocycles. The van der Waals surface area contributed by atoms with Gasteiger partial charge in [0.1, 0.15) is 0 Å². The summed E-state index contributed by atoms with van der Waals surface area (Å²) < 4.78 is 0. The molecular formula is C11H22N2O. The van der Waals surface area contributed by atoms with Crippen LogP contribution in [0.3, 0.4) is 0 Å². The van der Waals surface area contributed by atoms with E-state index >= 15 is 0 Å². The first kappa shape index (κ1) is 11.5. The maximum Gasteiger partial charge on any atom is 0.221 e. The van der Waals surface area contributed by atoms with Crippen molar-refractivity contribution < 1.29 is 4.79 Å². The van der Waals surface area contributed by atoms with Crippen LogP contribution >= 0.6 is 0 Å². The number of amides is 1. The van der Waals surface area contributed by atoms with Gasteiger partial charge in [-0.2, -0.15) is 0 Å². The molecule has 0 saturated heterocycles. The van der Waals surface area contributed by atoms with Crippen LogP contribution in [0.4, 0.5) is 0 Å². The predicted molar refractivity (Wildman–Crippen MR) is 58.1 cm³/mol. The van der Waals surface area contributed by atoms with E-state index in [4.69, 9.17) is 0 Å². The van der Waals surface area contributed by atoms with Crippen LogP contribution in [0.5, 0.6) is 0 Å². The molecule has 2 unspecified atom stereocenters. The van der Waals surface area contributed by atoms with Gasteiger partial charge in [-0.1, -0.05) is 19.8 Å². The molecule has 14 heavy (non-hydrogen) atoms. The lowest BCUT2D eigenvalue weighted by atomic mass is 9.98. The van der Waals surface area contributed by atoms with Gasteiger partial charge in [0.05, 0.1) is 0 Å². The van der Waals surface area contributed by atoms with E-state index in [0.717, 1.165) is 19.0 Å². The zero-order chi connectivity index (χ0) is 10.4. The Labute approximate surface area is 86.6 Å². The highest BCUT2D eigenvalue weighted by Gasteiger charge is 2.23. The highest BCUT2D eigenvalue weighted by molar-refractivity contribution is 5.76. The van der Waals surface area contributed by atoms with Crippen LogP contribution in [0, 0.1) is 11.8 Å². The largest absolute Gasteiger partial charge is 0.356 e. The van der Waals surface area contributed by atoms with Crippen LogP contribution in [0.2, 0.25) is 0 Å². The van der Waals surface area contributed by atoms with E-state index in [1.165, 1.54) is 19.3 Å². The number of hydrogen-bond donors (Lipinski definition) is 2. The molecular weight excluding hydrogens is 176 g/mol. The van der Waals surface area contributed by atoms with Gasteiger partial charge in [0, 0.05) is 19.5 Å². The Bertz CT molecular complexity index is 182. The summed E-state index contributed by atoms with van der Waals surface area (Å²) >= 11 is 0. The van der Waals surface area contributed by atoms with E-state index in [1.54, 1.807) is 0 Å². The number of carbonyl (C=O) groups is 1. The lowest BCUT2D eigenvalue weighted by Crippen LogP contribution is -2.31. The third-order valence-electron chi connectivity index (χ3n) is 3.20. The fourth-order valence-electron chi connectivity index (χ4n) is 2.10. The smallest absolute Gasteiger partial charge is 0.221 e. The van der Waals surface area contributed by atoms with Gasteiger partial charge in [-0.3, -0.25) is 4.79 Å². The van der Waals surface area contributed by atoms with E-state index in [2.05, 4.69) is 17.6 Å². The van der Waals surface area contributed by atoms with Crippen molar-refractivity contribution >= 4 is 5.91 Å². The van der Waals surface area contributed by atoms with Crippen molar-refractivity contribution in [2.45, 2.75) is 32.6 Å². The minimum atomic E-state index is 0.179. The SMILES string of the molecule is CNCCC(=O)NCC1CCCC1C. The van der Waals surface area contributed by atoms with Crippen LogP contribution < -0.4 is 10.6 Å². The summed E-state index contributed by atoms with van der Waals surface area (Å²) in [5, 5.41) is 5.99. The van der Waals surface area contributed by atoms with Crippen molar-refractivity contribution in [1.82, 2.24) is 10.6 Å². The van der Waals surface area contributed by atoms with E-state index in [-0.39, 0.29) is 5.91 Å². The molecule has 1 rings (SSSR count). The standard InChI is InChI=1S/C11H22N2O/c1-9-4-3-5-10(9)8-13-11(14)6-7-12-2/h9-10,12H,3-8H2,1-2H3,(H,13,14). The lowest BCUT2D eigenvalue weighted by Gasteiger charge is -2.15. The first-order chi connectivity index (χ1) is 6.74. The third kappa shape index (κ3) is 3.66. The van der Waals surface area contributed by atoms with Gasteiger partial charge in [0.2, 0.25) is 5.91 Å². The van der Waals surface area contributed by atoms with E-state index < -0.39 is 0 Å². The molecule has 0 aromatic rings. The molecule has 1 saturated carbocycles. The minimum Gasteiger partial charge on any atom is -0.356 e. The molecule has 1 aliphatic carbocycles. The molecule has 2 atom stereocenters. The molecule has 1 amide bonds. The number of carbonyl (C=O) groups excluding carboxylic acids is 1. The summed E-state index contributed by atoms with van der Waals surface area (Å²) in [6, 6.07) is 0. The number of nitrogens with one attached hydrogen (secondary N) is 2. The van der Waals surface area contributed by atoms with E-state index in [0.29, 0.717) is 12.3 Å². The fourth-order valence-corrected chi connectivity index (χ4v) is 2.10. The molecule has 0 radical (unpaired) electrons. The summed E-state index contributed by atoms with van der Waals surface area (Å²) in [5.74, 6) is 1.69. The molecule has 1 fully saturated rings. The highest BCUT2D eigenvalue weighted by atomic mass is 16.1. The highest BCUT2D eigenvalue weighted by Crippen LogP contribution is 2.30. The van der Waals surface area contributed by atoms with Crippen molar-refractivity contribution in [2.24, 2.45) is 11.8 Å². The van der Waals surface area contributed by atoms with Gasteiger partial charge in [-0.15, -0.1) is 0 Å². The quantitative estimate of drug-likeness (QED) is 0.696. The molecule has 0 spiro atoms. The van der Waals surface area contributed by atoms with Crippen LogP contribution in [-0.2, 0) is 4.79 Å². The topological polar surface area (TPSA) is 41.1 Å². The second-order valence-corrected chi connectivity index (χ2v) is 4.33. The molecule has 3 nitrogen and oxygen atoms in total. The molecule has 0 heterocycles. The monoisotopic (exact) mass is 198 g/mol. The molecule has 0 aromatic heterocycles. The molecule has 1 aliphatic rings. The van der Waals surface area contributed by atoms with Crippen LogP contribution in [0.1, 0.15) is 32.6 Å². The van der Waals surface area contributed by atoms with Crippen molar-refractivity contribution in [3.8, 4) is 0 Å². The Kier molecular flexibility index (Phi) is 4.94. The summed E-state index contributed by atoms with van der Waals surface area (Å²) in [6.45, 7) is 3.94. The third-order valence-corrected chi connectivity index (χ3v) is 3.20. The number of rotatable bonds is 5. The Morgan fingerprint density at radius 3 is 2.79 bits per heavy atom. The van der Waals surface area contributed by atoms with Gasteiger partial charge in [0.15, 0.2) is 0 Å². The van der Waals surface area contributed by atoms with Crippen molar-refractivity contribution in [2.75, 3.05) is 20.1 Å². The van der Waals surface area contributed by atoms with Gasteiger partial charge < -0.3 is 10.6 Å². The maximum atomic E-state index is 11.3.